The summed E-state index contributed by atoms with van der Waals surface area (Å²) in [6, 6.07) is 5.72. The van der Waals surface area contributed by atoms with Crippen molar-refractivity contribution in [2.24, 2.45) is 5.73 Å². The van der Waals surface area contributed by atoms with E-state index in [1.165, 1.54) is 18.9 Å². The Hall–Kier alpha value is -0.930. The zero-order chi connectivity index (χ0) is 11.7. The Labute approximate surface area is 96.2 Å². The minimum absolute atomic E-state index is 0.142. The lowest BCUT2D eigenvalue weighted by Crippen LogP contribution is -2.32. The highest BCUT2D eigenvalue weighted by Gasteiger charge is 2.31. The normalized spacial score (nSPS) is 17.8. The van der Waals surface area contributed by atoms with Gasteiger partial charge in [0.25, 0.3) is 0 Å². The first-order valence-corrected chi connectivity index (χ1v) is 5.81. The van der Waals surface area contributed by atoms with E-state index in [4.69, 9.17) is 5.73 Å². The Morgan fingerprint density at radius 1 is 1.50 bits per heavy atom. The second kappa shape index (κ2) is 4.52. The fourth-order valence-corrected chi connectivity index (χ4v) is 2.22. The van der Waals surface area contributed by atoms with Crippen molar-refractivity contribution in [1.82, 2.24) is 4.90 Å². The van der Waals surface area contributed by atoms with Crippen LogP contribution in [0.5, 0.6) is 0 Å². The zero-order valence-electron chi connectivity index (χ0n) is 9.91. The summed E-state index contributed by atoms with van der Waals surface area (Å²) in [7, 11) is 2.08. The molecule has 1 aromatic rings. The molecular formula is C13H19FN2. The summed E-state index contributed by atoms with van der Waals surface area (Å²) in [5.74, 6) is -0.178. The van der Waals surface area contributed by atoms with Gasteiger partial charge < -0.3 is 5.73 Å². The number of rotatable bonds is 4. The van der Waals surface area contributed by atoms with Crippen LogP contribution in [0.3, 0.4) is 0 Å². The SMILES string of the molecule is Cc1ccc(F)cc1C(CN)N(C)C1CC1. The number of hydrogen-bond donors (Lipinski definition) is 1. The van der Waals surface area contributed by atoms with E-state index in [9.17, 15) is 4.39 Å². The molecule has 1 fully saturated rings. The number of benzene rings is 1. The highest BCUT2D eigenvalue weighted by Crippen LogP contribution is 2.33. The molecule has 1 aromatic carbocycles. The molecule has 88 valence electrons. The molecule has 1 unspecified atom stereocenters. The minimum atomic E-state index is -0.178. The molecule has 16 heavy (non-hydrogen) atoms. The van der Waals surface area contributed by atoms with Crippen molar-refractivity contribution in [3.63, 3.8) is 0 Å². The van der Waals surface area contributed by atoms with Gasteiger partial charge in [-0.05, 0) is 50.1 Å². The first-order chi connectivity index (χ1) is 7.63. The largest absolute Gasteiger partial charge is 0.329 e. The highest BCUT2D eigenvalue weighted by atomic mass is 19.1. The molecule has 0 spiro atoms. The highest BCUT2D eigenvalue weighted by molar-refractivity contribution is 5.30. The van der Waals surface area contributed by atoms with Gasteiger partial charge in [0.1, 0.15) is 5.82 Å². The fourth-order valence-electron chi connectivity index (χ4n) is 2.22. The minimum Gasteiger partial charge on any atom is -0.329 e. The van der Waals surface area contributed by atoms with E-state index in [0.29, 0.717) is 12.6 Å². The summed E-state index contributed by atoms with van der Waals surface area (Å²) < 4.78 is 13.3. The summed E-state index contributed by atoms with van der Waals surface area (Å²) >= 11 is 0. The predicted molar refractivity (Wildman–Crippen MR) is 63.7 cm³/mol. The summed E-state index contributed by atoms with van der Waals surface area (Å²) in [5.41, 5.74) is 7.97. The predicted octanol–water partition coefficient (Wildman–Crippen LogP) is 2.23. The molecule has 0 aliphatic heterocycles. The van der Waals surface area contributed by atoms with Crippen LogP contribution in [0.1, 0.15) is 30.0 Å². The van der Waals surface area contributed by atoms with E-state index in [1.807, 2.05) is 13.0 Å². The maximum Gasteiger partial charge on any atom is 0.123 e. The van der Waals surface area contributed by atoms with Gasteiger partial charge in [0, 0.05) is 18.6 Å². The topological polar surface area (TPSA) is 29.3 Å². The molecule has 1 aliphatic rings. The smallest absolute Gasteiger partial charge is 0.123 e. The van der Waals surface area contributed by atoms with E-state index in [0.717, 1.165) is 11.1 Å². The van der Waals surface area contributed by atoms with Crippen LogP contribution >= 0.6 is 0 Å². The lowest BCUT2D eigenvalue weighted by molar-refractivity contribution is 0.239. The van der Waals surface area contributed by atoms with E-state index < -0.39 is 0 Å². The monoisotopic (exact) mass is 222 g/mol. The van der Waals surface area contributed by atoms with Crippen LogP contribution < -0.4 is 5.73 Å². The fraction of sp³-hybridized carbons (Fsp3) is 0.538. The molecular weight excluding hydrogens is 203 g/mol. The Bertz CT molecular complexity index is 374. The maximum atomic E-state index is 13.3. The molecule has 0 radical (unpaired) electrons. The van der Waals surface area contributed by atoms with Crippen LogP contribution in [0.15, 0.2) is 18.2 Å². The molecule has 0 amide bonds. The summed E-state index contributed by atoms with van der Waals surface area (Å²) in [5, 5.41) is 0. The van der Waals surface area contributed by atoms with Crippen LogP contribution in [-0.2, 0) is 0 Å². The third-order valence-corrected chi connectivity index (χ3v) is 3.44. The van der Waals surface area contributed by atoms with Gasteiger partial charge in [-0.3, -0.25) is 4.90 Å². The molecule has 0 saturated heterocycles. The number of nitrogens with two attached hydrogens (primary N) is 1. The molecule has 0 heterocycles. The molecule has 0 bridgehead atoms. The second-order valence-electron chi connectivity index (χ2n) is 4.65. The summed E-state index contributed by atoms with van der Waals surface area (Å²) in [6.07, 6.45) is 2.47. The summed E-state index contributed by atoms with van der Waals surface area (Å²) in [6.45, 7) is 2.55. The van der Waals surface area contributed by atoms with Crippen LogP contribution in [0.25, 0.3) is 0 Å². The first-order valence-electron chi connectivity index (χ1n) is 5.81. The Balaban J connectivity index is 2.27. The van der Waals surface area contributed by atoms with Crippen molar-refractivity contribution >= 4 is 0 Å². The summed E-state index contributed by atoms with van der Waals surface area (Å²) in [4.78, 5) is 2.28. The number of nitrogens with zero attached hydrogens (tertiary/aromatic N) is 1. The number of halogens is 1. The van der Waals surface area contributed by atoms with Crippen molar-refractivity contribution in [3.05, 3.63) is 35.1 Å². The molecule has 2 N–H and O–H groups in total. The van der Waals surface area contributed by atoms with E-state index in [2.05, 4.69) is 11.9 Å². The van der Waals surface area contributed by atoms with E-state index in [1.54, 1.807) is 6.07 Å². The second-order valence-corrected chi connectivity index (χ2v) is 4.65. The number of likely N-dealkylation sites (N-methyl/N-ethyl adjacent to an activating group) is 1. The molecule has 2 rings (SSSR count). The Kier molecular flexibility index (Phi) is 3.26. The average molecular weight is 222 g/mol. The zero-order valence-corrected chi connectivity index (χ0v) is 9.91. The number of aryl methyl sites for hydroxylation is 1. The van der Waals surface area contributed by atoms with Crippen molar-refractivity contribution in [3.8, 4) is 0 Å². The molecule has 3 heteroatoms. The Morgan fingerprint density at radius 2 is 2.19 bits per heavy atom. The third-order valence-electron chi connectivity index (χ3n) is 3.44. The van der Waals surface area contributed by atoms with Gasteiger partial charge in [0.15, 0.2) is 0 Å². The van der Waals surface area contributed by atoms with Gasteiger partial charge in [-0.1, -0.05) is 6.07 Å². The van der Waals surface area contributed by atoms with Crippen LogP contribution in [-0.4, -0.2) is 24.5 Å². The molecule has 1 saturated carbocycles. The van der Waals surface area contributed by atoms with Crippen molar-refractivity contribution in [2.45, 2.75) is 31.8 Å². The van der Waals surface area contributed by atoms with E-state index in [-0.39, 0.29) is 11.9 Å². The average Bonchev–Trinajstić information content (AvgIpc) is 3.07. The molecule has 1 atom stereocenters. The Morgan fingerprint density at radius 3 is 2.75 bits per heavy atom. The van der Waals surface area contributed by atoms with Gasteiger partial charge in [0.2, 0.25) is 0 Å². The maximum absolute atomic E-state index is 13.3. The van der Waals surface area contributed by atoms with E-state index >= 15 is 0 Å². The standard InChI is InChI=1S/C13H19FN2/c1-9-3-4-10(14)7-12(9)13(8-15)16(2)11-5-6-11/h3-4,7,11,13H,5-6,8,15H2,1-2H3. The van der Waals surface area contributed by atoms with Crippen LogP contribution in [0.2, 0.25) is 0 Å². The lowest BCUT2D eigenvalue weighted by atomic mass is 10.00. The molecule has 0 aromatic heterocycles. The lowest BCUT2D eigenvalue weighted by Gasteiger charge is -2.28. The molecule has 2 nitrogen and oxygen atoms in total. The van der Waals surface area contributed by atoms with Gasteiger partial charge in [0.05, 0.1) is 0 Å². The molecule has 1 aliphatic carbocycles. The third kappa shape index (κ3) is 2.25. The van der Waals surface area contributed by atoms with Crippen molar-refractivity contribution in [1.29, 1.82) is 0 Å². The van der Waals surface area contributed by atoms with Crippen LogP contribution in [0.4, 0.5) is 4.39 Å². The van der Waals surface area contributed by atoms with Gasteiger partial charge in [-0.2, -0.15) is 0 Å². The van der Waals surface area contributed by atoms with Gasteiger partial charge >= 0.3 is 0 Å². The van der Waals surface area contributed by atoms with Gasteiger partial charge in [-0.15, -0.1) is 0 Å². The first kappa shape index (κ1) is 11.6. The van der Waals surface area contributed by atoms with Gasteiger partial charge in [-0.25, -0.2) is 4.39 Å². The van der Waals surface area contributed by atoms with Crippen molar-refractivity contribution in [2.75, 3.05) is 13.6 Å². The van der Waals surface area contributed by atoms with Crippen LogP contribution in [0, 0.1) is 12.7 Å². The quantitative estimate of drug-likeness (QED) is 0.846. The number of hydrogen-bond acceptors (Lipinski definition) is 2. The van der Waals surface area contributed by atoms with Crippen molar-refractivity contribution < 1.29 is 4.39 Å².